The topological polar surface area (TPSA) is 80.5 Å². The Morgan fingerprint density at radius 1 is 1.19 bits per heavy atom. The molecule has 6 nitrogen and oxygen atoms in total. The van der Waals surface area contributed by atoms with Crippen LogP contribution in [0.25, 0.3) is 0 Å². The van der Waals surface area contributed by atoms with Crippen molar-refractivity contribution in [3.8, 4) is 0 Å². The molecule has 1 unspecified atom stereocenters. The average molecular weight is 417 g/mol. The SMILES string of the molecule is O=[N+]([O-])c1cc(S(=O)(=O)N2CCC(C3C=CCC=C3Cl)CC2)ccc1Cl. The minimum absolute atomic E-state index is 0.0850. The Morgan fingerprint density at radius 3 is 2.50 bits per heavy atom. The molecule has 1 aliphatic heterocycles. The number of piperidine rings is 1. The molecular formula is C17H18Cl2N2O4S. The maximum Gasteiger partial charge on any atom is 0.289 e. The zero-order valence-corrected chi connectivity index (χ0v) is 16.2. The predicted molar refractivity (Wildman–Crippen MR) is 101 cm³/mol. The van der Waals surface area contributed by atoms with Crippen LogP contribution in [0.1, 0.15) is 19.3 Å². The fourth-order valence-electron chi connectivity index (χ4n) is 3.43. The number of nitrogens with zero attached hydrogens (tertiary/aromatic N) is 2. The summed E-state index contributed by atoms with van der Waals surface area (Å²) in [5.41, 5.74) is -0.410. The minimum Gasteiger partial charge on any atom is -0.258 e. The second kappa shape index (κ2) is 7.68. The molecule has 1 aromatic rings. The van der Waals surface area contributed by atoms with Crippen molar-refractivity contribution in [3.63, 3.8) is 0 Å². The molecule has 1 atom stereocenters. The van der Waals surface area contributed by atoms with Crippen LogP contribution in [-0.4, -0.2) is 30.7 Å². The highest BCUT2D eigenvalue weighted by molar-refractivity contribution is 7.89. The minimum atomic E-state index is -3.80. The second-order valence-corrected chi connectivity index (χ2v) is 9.17. The molecule has 3 rings (SSSR count). The van der Waals surface area contributed by atoms with Gasteiger partial charge in [0.15, 0.2) is 0 Å². The molecule has 1 fully saturated rings. The van der Waals surface area contributed by atoms with Gasteiger partial charge in [0.25, 0.3) is 5.69 Å². The van der Waals surface area contributed by atoms with E-state index in [1.165, 1.54) is 16.4 Å². The summed E-state index contributed by atoms with van der Waals surface area (Å²) in [5.74, 6) is 0.438. The number of allylic oxidation sites excluding steroid dienone is 4. The smallest absolute Gasteiger partial charge is 0.258 e. The van der Waals surface area contributed by atoms with Gasteiger partial charge in [0.05, 0.1) is 9.82 Å². The van der Waals surface area contributed by atoms with Crippen LogP contribution in [0, 0.1) is 22.0 Å². The third kappa shape index (κ3) is 3.81. The standard InChI is InChI=1S/C17H18Cl2N2O4S/c18-15-4-2-1-3-14(15)12-7-9-20(10-8-12)26(24,25)13-5-6-16(19)17(11-13)21(22)23/h1,3-6,11-12,14H,2,7-10H2. The lowest BCUT2D eigenvalue weighted by Crippen LogP contribution is -2.40. The summed E-state index contributed by atoms with van der Waals surface area (Å²) in [6.07, 6.45) is 8.37. The number of hydrogen-bond donors (Lipinski definition) is 0. The maximum absolute atomic E-state index is 12.8. The van der Waals surface area contributed by atoms with Gasteiger partial charge in [-0.25, -0.2) is 8.42 Å². The molecule has 1 saturated heterocycles. The van der Waals surface area contributed by atoms with Gasteiger partial charge < -0.3 is 0 Å². The van der Waals surface area contributed by atoms with Crippen molar-refractivity contribution in [2.24, 2.45) is 11.8 Å². The third-order valence-corrected chi connectivity index (χ3v) is 7.49. The Hall–Kier alpha value is -1.41. The van der Waals surface area contributed by atoms with E-state index in [1.54, 1.807) is 0 Å². The van der Waals surface area contributed by atoms with Crippen LogP contribution in [0.4, 0.5) is 5.69 Å². The van der Waals surface area contributed by atoms with E-state index in [9.17, 15) is 18.5 Å². The van der Waals surface area contributed by atoms with Crippen LogP contribution in [0.2, 0.25) is 5.02 Å². The lowest BCUT2D eigenvalue weighted by atomic mass is 9.82. The molecule has 1 heterocycles. The Labute approximate surface area is 162 Å². The highest BCUT2D eigenvalue weighted by Gasteiger charge is 2.34. The highest BCUT2D eigenvalue weighted by Crippen LogP contribution is 2.37. The predicted octanol–water partition coefficient (Wildman–Crippen LogP) is 4.35. The summed E-state index contributed by atoms with van der Waals surface area (Å²) >= 11 is 12.1. The van der Waals surface area contributed by atoms with Crippen LogP contribution in [0.3, 0.4) is 0 Å². The van der Waals surface area contributed by atoms with E-state index >= 15 is 0 Å². The second-order valence-electron chi connectivity index (χ2n) is 6.39. The van der Waals surface area contributed by atoms with Gasteiger partial charge in [-0.05, 0) is 37.3 Å². The fraction of sp³-hybridized carbons (Fsp3) is 0.412. The summed E-state index contributed by atoms with van der Waals surface area (Å²) in [6.45, 7) is 0.718. The van der Waals surface area contributed by atoms with Crippen molar-refractivity contribution in [1.82, 2.24) is 4.31 Å². The normalized spacial score (nSPS) is 22.2. The fourth-order valence-corrected chi connectivity index (χ4v) is 5.45. The lowest BCUT2D eigenvalue weighted by Gasteiger charge is -2.35. The Kier molecular flexibility index (Phi) is 5.72. The summed E-state index contributed by atoms with van der Waals surface area (Å²) in [5, 5.41) is 11.8. The van der Waals surface area contributed by atoms with Gasteiger partial charge in [-0.3, -0.25) is 10.1 Å². The first-order valence-electron chi connectivity index (χ1n) is 8.27. The zero-order valence-electron chi connectivity index (χ0n) is 13.8. The molecule has 0 N–H and O–H groups in total. The summed E-state index contributed by atoms with van der Waals surface area (Å²) in [6, 6.07) is 3.57. The summed E-state index contributed by atoms with van der Waals surface area (Å²) in [4.78, 5) is 10.2. The Balaban J connectivity index is 1.75. The van der Waals surface area contributed by atoms with E-state index in [-0.39, 0.29) is 15.8 Å². The van der Waals surface area contributed by atoms with E-state index in [2.05, 4.69) is 12.2 Å². The van der Waals surface area contributed by atoms with Gasteiger partial charge >= 0.3 is 0 Å². The Morgan fingerprint density at radius 2 is 1.88 bits per heavy atom. The van der Waals surface area contributed by atoms with E-state index in [1.807, 2.05) is 6.08 Å². The first-order valence-corrected chi connectivity index (χ1v) is 10.5. The molecule has 1 aliphatic carbocycles. The molecule has 0 bridgehead atoms. The molecule has 1 aromatic carbocycles. The molecule has 9 heteroatoms. The maximum atomic E-state index is 12.8. The van der Waals surface area contributed by atoms with Crippen LogP contribution in [-0.2, 0) is 10.0 Å². The summed E-state index contributed by atoms with van der Waals surface area (Å²) < 4.78 is 27.0. The number of nitro groups is 1. The average Bonchev–Trinajstić information content (AvgIpc) is 2.62. The van der Waals surface area contributed by atoms with E-state index in [0.29, 0.717) is 31.8 Å². The molecule has 0 radical (unpaired) electrons. The van der Waals surface area contributed by atoms with Gasteiger partial charge in [0.2, 0.25) is 10.0 Å². The van der Waals surface area contributed by atoms with Gasteiger partial charge in [0.1, 0.15) is 5.02 Å². The van der Waals surface area contributed by atoms with Crippen molar-refractivity contribution in [3.05, 3.63) is 56.6 Å². The zero-order chi connectivity index (χ0) is 18.9. The number of benzene rings is 1. The van der Waals surface area contributed by atoms with Gasteiger partial charge in [-0.2, -0.15) is 4.31 Å². The van der Waals surface area contributed by atoms with Crippen molar-refractivity contribution in [2.45, 2.75) is 24.2 Å². The van der Waals surface area contributed by atoms with Crippen molar-refractivity contribution in [2.75, 3.05) is 13.1 Å². The van der Waals surface area contributed by atoms with Crippen LogP contribution >= 0.6 is 23.2 Å². The number of sulfonamides is 1. The van der Waals surface area contributed by atoms with Crippen molar-refractivity contribution in [1.29, 1.82) is 0 Å². The van der Waals surface area contributed by atoms with E-state index < -0.39 is 20.6 Å². The number of nitro benzene ring substituents is 1. The van der Waals surface area contributed by atoms with Crippen LogP contribution < -0.4 is 0 Å². The Bertz CT molecular complexity index is 875. The van der Waals surface area contributed by atoms with Gasteiger partial charge in [0, 0.05) is 30.1 Å². The lowest BCUT2D eigenvalue weighted by molar-refractivity contribution is -0.384. The molecule has 140 valence electrons. The highest BCUT2D eigenvalue weighted by atomic mass is 35.5. The van der Waals surface area contributed by atoms with E-state index in [4.69, 9.17) is 23.2 Å². The third-order valence-electron chi connectivity index (χ3n) is 4.87. The number of halogens is 2. The summed E-state index contributed by atoms with van der Waals surface area (Å²) in [7, 11) is -3.80. The number of hydrogen-bond acceptors (Lipinski definition) is 4. The first kappa shape index (κ1) is 19.4. The number of rotatable bonds is 4. The van der Waals surface area contributed by atoms with Crippen LogP contribution in [0.15, 0.2) is 46.4 Å². The van der Waals surface area contributed by atoms with Crippen LogP contribution in [0.5, 0.6) is 0 Å². The molecule has 26 heavy (non-hydrogen) atoms. The molecule has 2 aliphatic rings. The van der Waals surface area contributed by atoms with E-state index in [0.717, 1.165) is 17.5 Å². The monoisotopic (exact) mass is 416 g/mol. The first-order chi connectivity index (χ1) is 12.3. The van der Waals surface area contributed by atoms with Gasteiger partial charge in [-0.1, -0.05) is 41.4 Å². The quantitative estimate of drug-likeness (QED) is 0.415. The molecule has 0 amide bonds. The largest absolute Gasteiger partial charge is 0.289 e. The molecular weight excluding hydrogens is 399 g/mol. The molecule has 0 spiro atoms. The van der Waals surface area contributed by atoms with Crippen molar-refractivity contribution < 1.29 is 13.3 Å². The molecule has 0 aromatic heterocycles. The van der Waals surface area contributed by atoms with Gasteiger partial charge in [-0.15, -0.1) is 0 Å². The molecule has 0 saturated carbocycles. The van der Waals surface area contributed by atoms with Crippen molar-refractivity contribution >= 4 is 38.9 Å².